The molecular formula is C20H27NO5S. The highest BCUT2D eigenvalue weighted by Gasteiger charge is 2.19. The first kappa shape index (κ1) is 21.0. The fourth-order valence-electron chi connectivity index (χ4n) is 2.47. The highest BCUT2D eigenvalue weighted by Crippen LogP contribution is 2.39. The second-order valence-corrected chi connectivity index (χ2v) is 6.60. The minimum atomic E-state index is -0.454. The van der Waals surface area contributed by atoms with E-state index in [9.17, 15) is 4.79 Å². The van der Waals surface area contributed by atoms with E-state index in [2.05, 4.69) is 11.9 Å². The number of hydrogen-bond donors (Lipinski definition) is 0. The summed E-state index contributed by atoms with van der Waals surface area (Å²) in [7, 11) is 0. The van der Waals surface area contributed by atoms with Crippen LogP contribution in [0.1, 0.15) is 55.2 Å². The van der Waals surface area contributed by atoms with Crippen molar-refractivity contribution in [1.82, 2.24) is 4.98 Å². The SMILES string of the molecule is CCCc1nc(COC(=O)c2cc(OCC)c(OCC)c(OCC)c2)cs1. The number of hydrogen-bond acceptors (Lipinski definition) is 7. The molecule has 0 N–H and O–H groups in total. The molecule has 1 aromatic carbocycles. The minimum Gasteiger partial charge on any atom is -0.490 e. The first-order valence-electron chi connectivity index (χ1n) is 9.29. The van der Waals surface area contributed by atoms with Gasteiger partial charge in [-0.3, -0.25) is 0 Å². The van der Waals surface area contributed by atoms with Crippen LogP contribution in [0.2, 0.25) is 0 Å². The molecule has 0 aliphatic rings. The summed E-state index contributed by atoms with van der Waals surface area (Å²) in [5.74, 6) is 0.985. The zero-order valence-corrected chi connectivity index (χ0v) is 17.2. The van der Waals surface area contributed by atoms with Gasteiger partial charge in [0.05, 0.1) is 36.1 Å². The summed E-state index contributed by atoms with van der Waals surface area (Å²) in [6, 6.07) is 3.26. The maximum atomic E-state index is 12.5. The largest absolute Gasteiger partial charge is 0.490 e. The zero-order valence-electron chi connectivity index (χ0n) is 16.4. The number of rotatable bonds is 11. The molecule has 0 radical (unpaired) electrons. The number of benzene rings is 1. The van der Waals surface area contributed by atoms with Crippen LogP contribution in [-0.4, -0.2) is 30.8 Å². The number of ether oxygens (including phenoxy) is 4. The second-order valence-electron chi connectivity index (χ2n) is 5.66. The summed E-state index contributed by atoms with van der Waals surface area (Å²) in [6.07, 6.45) is 1.98. The number of nitrogens with zero attached hydrogens (tertiary/aromatic N) is 1. The Balaban J connectivity index is 2.17. The van der Waals surface area contributed by atoms with Gasteiger partial charge in [0, 0.05) is 5.38 Å². The van der Waals surface area contributed by atoms with E-state index in [4.69, 9.17) is 18.9 Å². The van der Waals surface area contributed by atoms with Crippen LogP contribution in [0.4, 0.5) is 0 Å². The maximum Gasteiger partial charge on any atom is 0.338 e. The van der Waals surface area contributed by atoms with E-state index in [0.717, 1.165) is 23.5 Å². The van der Waals surface area contributed by atoms with Crippen molar-refractivity contribution in [2.24, 2.45) is 0 Å². The van der Waals surface area contributed by atoms with Gasteiger partial charge in [0.15, 0.2) is 11.5 Å². The molecule has 27 heavy (non-hydrogen) atoms. The highest BCUT2D eigenvalue weighted by molar-refractivity contribution is 7.09. The molecule has 0 bridgehead atoms. The molecule has 7 heteroatoms. The van der Waals surface area contributed by atoms with Gasteiger partial charge < -0.3 is 18.9 Å². The van der Waals surface area contributed by atoms with Crippen molar-refractivity contribution in [2.45, 2.75) is 47.1 Å². The Labute approximate surface area is 164 Å². The van der Waals surface area contributed by atoms with E-state index in [1.165, 1.54) is 0 Å². The topological polar surface area (TPSA) is 66.9 Å². The summed E-state index contributed by atoms with van der Waals surface area (Å²) >= 11 is 1.59. The van der Waals surface area contributed by atoms with E-state index >= 15 is 0 Å². The zero-order chi connectivity index (χ0) is 19.6. The van der Waals surface area contributed by atoms with Crippen molar-refractivity contribution in [2.75, 3.05) is 19.8 Å². The Morgan fingerprint density at radius 3 is 2.19 bits per heavy atom. The predicted molar refractivity (Wildman–Crippen MR) is 105 cm³/mol. The molecule has 0 amide bonds. The fourth-order valence-corrected chi connectivity index (χ4v) is 3.36. The smallest absolute Gasteiger partial charge is 0.338 e. The minimum absolute atomic E-state index is 0.139. The normalized spacial score (nSPS) is 10.5. The third kappa shape index (κ3) is 5.85. The maximum absolute atomic E-state index is 12.5. The van der Waals surface area contributed by atoms with Gasteiger partial charge in [-0.25, -0.2) is 9.78 Å². The van der Waals surface area contributed by atoms with Crippen LogP contribution >= 0.6 is 11.3 Å². The van der Waals surface area contributed by atoms with E-state index in [0.29, 0.717) is 42.6 Å². The van der Waals surface area contributed by atoms with Gasteiger partial charge in [-0.15, -0.1) is 11.3 Å². The second kappa shape index (κ2) is 10.8. The van der Waals surface area contributed by atoms with Crippen LogP contribution in [0.5, 0.6) is 17.2 Å². The Bertz CT molecular complexity index is 717. The van der Waals surface area contributed by atoms with Gasteiger partial charge in [0.25, 0.3) is 0 Å². The Kier molecular flexibility index (Phi) is 8.39. The average molecular weight is 394 g/mol. The lowest BCUT2D eigenvalue weighted by Gasteiger charge is -2.16. The van der Waals surface area contributed by atoms with Crippen molar-refractivity contribution < 1.29 is 23.7 Å². The third-order valence-corrected chi connectivity index (χ3v) is 4.52. The van der Waals surface area contributed by atoms with E-state index in [1.54, 1.807) is 23.5 Å². The van der Waals surface area contributed by atoms with E-state index in [1.807, 2.05) is 26.2 Å². The number of esters is 1. The summed E-state index contributed by atoms with van der Waals surface area (Å²) in [5, 5.41) is 2.98. The molecule has 0 saturated carbocycles. The van der Waals surface area contributed by atoms with Crippen LogP contribution in [0.25, 0.3) is 0 Å². The number of aromatic nitrogens is 1. The Morgan fingerprint density at radius 1 is 1.00 bits per heavy atom. The Hall–Kier alpha value is -2.28. The molecule has 0 unspecified atom stereocenters. The predicted octanol–water partition coefficient (Wildman–Crippen LogP) is 4.65. The van der Waals surface area contributed by atoms with Crippen molar-refractivity contribution in [3.05, 3.63) is 33.8 Å². The van der Waals surface area contributed by atoms with Crippen LogP contribution in [0, 0.1) is 0 Å². The molecule has 6 nitrogen and oxygen atoms in total. The van der Waals surface area contributed by atoms with Gasteiger partial charge >= 0.3 is 5.97 Å². The van der Waals surface area contributed by atoms with E-state index in [-0.39, 0.29) is 6.61 Å². The summed E-state index contributed by atoms with van der Waals surface area (Å²) in [5.41, 5.74) is 1.12. The van der Waals surface area contributed by atoms with Gasteiger partial charge in [0.2, 0.25) is 5.75 Å². The lowest BCUT2D eigenvalue weighted by atomic mass is 10.2. The average Bonchev–Trinajstić information content (AvgIpc) is 3.10. The molecule has 1 heterocycles. The molecule has 0 aliphatic carbocycles. The monoisotopic (exact) mass is 393 g/mol. The molecule has 0 spiro atoms. The molecule has 0 saturated heterocycles. The summed E-state index contributed by atoms with van der Waals surface area (Å²) in [6.45, 7) is 9.24. The van der Waals surface area contributed by atoms with Crippen LogP contribution in [-0.2, 0) is 17.8 Å². The van der Waals surface area contributed by atoms with Gasteiger partial charge in [-0.1, -0.05) is 6.92 Å². The molecule has 2 aromatic rings. The molecule has 0 atom stereocenters. The van der Waals surface area contributed by atoms with Crippen molar-refractivity contribution in [3.8, 4) is 17.2 Å². The van der Waals surface area contributed by atoms with Crippen molar-refractivity contribution >= 4 is 17.3 Å². The summed E-state index contributed by atoms with van der Waals surface area (Å²) in [4.78, 5) is 17.0. The number of aryl methyl sites for hydroxylation is 1. The Morgan fingerprint density at radius 2 is 1.63 bits per heavy atom. The van der Waals surface area contributed by atoms with Crippen molar-refractivity contribution in [3.63, 3.8) is 0 Å². The molecular weight excluding hydrogens is 366 g/mol. The molecule has 2 rings (SSSR count). The van der Waals surface area contributed by atoms with Gasteiger partial charge in [-0.2, -0.15) is 0 Å². The van der Waals surface area contributed by atoms with Gasteiger partial charge in [0.1, 0.15) is 6.61 Å². The standard InChI is InChI=1S/C20H27NO5S/c1-5-9-18-21-15(13-27-18)12-26-20(22)14-10-16(23-6-2)19(25-8-4)17(11-14)24-7-3/h10-11,13H,5-9,12H2,1-4H3. The van der Waals surface area contributed by atoms with Crippen molar-refractivity contribution in [1.29, 1.82) is 0 Å². The molecule has 148 valence electrons. The van der Waals surface area contributed by atoms with E-state index < -0.39 is 5.97 Å². The summed E-state index contributed by atoms with van der Waals surface area (Å²) < 4.78 is 22.4. The number of thiazole rings is 1. The molecule has 0 aliphatic heterocycles. The van der Waals surface area contributed by atoms with Gasteiger partial charge in [-0.05, 0) is 45.7 Å². The first-order chi connectivity index (χ1) is 13.1. The number of carbonyl (C=O) groups is 1. The van der Waals surface area contributed by atoms with Crippen LogP contribution in [0.3, 0.4) is 0 Å². The quantitative estimate of drug-likeness (QED) is 0.518. The van der Waals surface area contributed by atoms with Crippen LogP contribution in [0.15, 0.2) is 17.5 Å². The highest BCUT2D eigenvalue weighted by atomic mass is 32.1. The lowest BCUT2D eigenvalue weighted by molar-refractivity contribution is 0.0467. The fraction of sp³-hybridized carbons (Fsp3) is 0.500. The first-order valence-corrected chi connectivity index (χ1v) is 10.2. The lowest BCUT2D eigenvalue weighted by Crippen LogP contribution is -2.09. The molecule has 1 aromatic heterocycles. The van der Waals surface area contributed by atoms with Crippen LogP contribution < -0.4 is 14.2 Å². The number of carbonyl (C=O) groups excluding carboxylic acids is 1. The third-order valence-electron chi connectivity index (χ3n) is 3.56. The molecule has 0 fully saturated rings.